The van der Waals surface area contributed by atoms with E-state index >= 15 is 0 Å². The van der Waals surface area contributed by atoms with Crippen molar-refractivity contribution in [3.8, 4) is 0 Å². The Kier molecular flexibility index (Phi) is 3.89. The second kappa shape index (κ2) is 5.23. The van der Waals surface area contributed by atoms with E-state index in [2.05, 4.69) is 37.2 Å². The molecule has 1 saturated carbocycles. The average Bonchev–Trinajstić information content (AvgIpc) is 3.06. The molecule has 1 aliphatic carbocycles. The zero-order valence-electron chi connectivity index (χ0n) is 11.4. The van der Waals surface area contributed by atoms with Crippen LogP contribution in [0.3, 0.4) is 0 Å². The van der Waals surface area contributed by atoms with Gasteiger partial charge >= 0.3 is 0 Å². The molecule has 17 heavy (non-hydrogen) atoms. The lowest BCUT2D eigenvalue weighted by Crippen LogP contribution is -2.30. The summed E-state index contributed by atoms with van der Waals surface area (Å²) in [6.07, 6.45) is 2.79. The molecule has 0 saturated heterocycles. The topological polar surface area (TPSA) is 28.4 Å². The summed E-state index contributed by atoms with van der Waals surface area (Å²) >= 11 is 0. The quantitative estimate of drug-likeness (QED) is 0.823. The third-order valence-electron chi connectivity index (χ3n) is 3.81. The Labute approximate surface area is 104 Å². The van der Waals surface area contributed by atoms with Gasteiger partial charge in [-0.25, -0.2) is 0 Å². The SMILES string of the molecule is CNCc1oc(CN(C)C(C)C2CC2)cc1C. The average molecular weight is 236 g/mol. The number of furan rings is 1. The molecule has 3 nitrogen and oxygen atoms in total. The van der Waals surface area contributed by atoms with E-state index in [9.17, 15) is 0 Å². The van der Waals surface area contributed by atoms with Crippen molar-refractivity contribution < 1.29 is 4.42 Å². The summed E-state index contributed by atoms with van der Waals surface area (Å²) in [5.74, 6) is 3.06. The molecule has 1 N–H and O–H groups in total. The van der Waals surface area contributed by atoms with Crippen molar-refractivity contribution in [2.45, 2.75) is 45.8 Å². The van der Waals surface area contributed by atoms with Crippen LogP contribution in [0.15, 0.2) is 10.5 Å². The molecule has 0 aromatic carbocycles. The summed E-state index contributed by atoms with van der Waals surface area (Å²) < 4.78 is 5.87. The maximum absolute atomic E-state index is 5.87. The molecule has 1 atom stereocenters. The fraction of sp³-hybridized carbons (Fsp3) is 0.714. The fourth-order valence-electron chi connectivity index (χ4n) is 2.33. The van der Waals surface area contributed by atoms with Crippen LogP contribution in [0.25, 0.3) is 0 Å². The summed E-state index contributed by atoms with van der Waals surface area (Å²) in [6.45, 7) is 6.17. The van der Waals surface area contributed by atoms with Crippen LogP contribution in [0.2, 0.25) is 0 Å². The molecule has 0 aliphatic heterocycles. The van der Waals surface area contributed by atoms with Crippen molar-refractivity contribution in [3.63, 3.8) is 0 Å². The van der Waals surface area contributed by atoms with Gasteiger partial charge in [0.25, 0.3) is 0 Å². The minimum atomic E-state index is 0.674. The van der Waals surface area contributed by atoms with Gasteiger partial charge in [0.2, 0.25) is 0 Å². The highest BCUT2D eigenvalue weighted by atomic mass is 16.3. The lowest BCUT2D eigenvalue weighted by Gasteiger charge is -2.23. The van der Waals surface area contributed by atoms with Crippen molar-refractivity contribution in [3.05, 3.63) is 23.2 Å². The predicted octanol–water partition coefficient (Wildman–Crippen LogP) is 2.54. The van der Waals surface area contributed by atoms with E-state index in [-0.39, 0.29) is 0 Å². The molecule has 1 heterocycles. The zero-order chi connectivity index (χ0) is 12.4. The van der Waals surface area contributed by atoms with Gasteiger partial charge in [0.1, 0.15) is 11.5 Å². The zero-order valence-corrected chi connectivity index (χ0v) is 11.4. The number of aryl methyl sites for hydroxylation is 1. The Morgan fingerprint density at radius 3 is 2.82 bits per heavy atom. The summed E-state index contributed by atoms with van der Waals surface area (Å²) in [4.78, 5) is 2.40. The molecular formula is C14H24N2O. The first-order chi connectivity index (χ1) is 8.11. The number of hydrogen-bond acceptors (Lipinski definition) is 3. The van der Waals surface area contributed by atoms with Gasteiger partial charge in [-0.3, -0.25) is 4.90 Å². The van der Waals surface area contributed by atoms with Crippen molar-refractivity contribution in [1.29, 1.82) is 0 Å². The smallest absolute Gasteiger partial charge is 0.120 e. The third-order valence-corrected chi connectivity index (χ3v) is 3.81. The van der Waals surface area contributed by atoms with Crippen LogP contribution >= 0.6 is 0 Å². The minimum Gasteiger partial charge on any atom is -0.463 e. The molecule has 96 valence electrons. The van der Waals surface area contributed by atoms with E-state index in [1.165, 1.54) is 18.4 Å². The molecule has 1 unspecified atom stereocenters. The second-order valence-corrected chi connectivity index (χ2v) is 5.34. The molecular weight excluding hydrogens is 212 g/mol. The Hall–Kier alpha value is -0.800. The van der Waals surface area contributed by atoms with Crippen LogP contribution in [0.5, 0.6) is 0 Å². The molecule has 0 radical (unpaired) electrons. The van der Waals surface area contributed by atoms with Gasteiger partial charge in [0, 0.05) is 6.04 Å². The summed E-state index contributed by atoms with van der Waals surface area (Å²) in [7, 11) is 4.14. The first-order valence-electron chi connectivity index (χ1n) is 6.55. The molecule has 1 aliphatic rings. The Balaban J connectivity index is 1.95. The van der Waals surface area contributed by atoms with Crippen molar-refractivity contribution in [1.82, 2.24) is 10.2 Å². The normalized spacial score (nSPS) is 17.7. The minimum absolute atomic E-state index is 0.674. The van der Waals surface area contributed by atoms with Crippen LogP contribution in [-0.2, 0) is 13.1 Å². The highest BCUT2D eigenvalue weighted by molar-refractivity contribution is 5.20. The van der Waals surface area contributed by atoms with E-state index < -0.39 is 0 Å². The van der Waals surface area contributed by atoms with Crippen LogP contribution in [-0.4, -0.2) is 25.0 Å². The molecule has 1 aromatic heterocycles. The number of hydrogen-bond donors (Lipinski definition) is 1. The number of nitrogens with one attached hydrogen (secondary N) is 1. The second-order valence-electron chi connectivity index (χ2n) is 5.34. The van der Waals surface area contributed by atoms with Gasteiger partial charge in [0.05, 0.1) is 13.1 Å². The van der Waals surface area contributed by atoms with Gasteiger partial charge in [-0.15, -0.1) is 0 Å². The van der Waals surface area contributed by atoms with Crippen LogP contribution in [0, 0.1) is 12.8 Å². The van der Waals surface area contributed by atoms with E-state index in [1.807, 2.05) is 7.05 Å². The maximum Gasteiger partial charge on any atom is 0.120 e. The molecule has 0 amide bonds. The van der Waals surface area contributed by atoms with Crippen LogP contribution in [0.1, 0.15) is 36.8 Å². The van der Waals surface area contributed by atoms with Gasteiger partial charge in [-0.05, 0) is 58.3 Å². The van der Waals surface area contributed by atoms with Gasteiger partial charge in [-0.2, -0.15) is 0 Å². The maximum atomic E-state index is 5.87. The number of rotatable bonds is 6. The molecule has 2 rings (SSSR count). The molecule has 1 aromatic rings. The van der Waals surface area contributed by atoms with Crippen molar-refractivity contribution in [2.75, 3.05) is 14.1 Å². The van der Waals surface area contributed by atoms with Gasteiger partial charge in [0.15, 0.2) is 0 Å². The summed E-state index contributed by atoms with van der Waals surface area (Å²) in [5.41, 5.74) is 1.25. The molecule has 1 fully saturated rings. The largest absolute Gasteiger partial charge is 0.463 e. The Morgan fingerprint density at radius 2 is 2.24 bits per heavy atom. The molecule has 3 heteroatoms. The Bertz CT molecular complexity index is 368. The standard InChI is InChI=1S/C14H24N2O/c1-10-7-13(17-14(10)8-15-3)9-16(4)11(2)12-5-6-12/h7,11-12,15H,5-6,8-9H2,1-4H3. The number of nitrogens with zero attached hydrogens (tertiary/aromatic N) is 1. The van der Waals surface area contributed by atoms with Gasteiger partial charge < -0.3 is 9.73 Å². The lowest BCUT2D eigenvalue weighted by atomic mass is 10.2. The third kappa shape index (κ3) is 3.11. The van der Waals surface area contributed by atoms with Gasteiger partial charge in [-0.1, -0.05) is 0 Å². The highest BCUT2D eigenvalue weighted by Gasteiger charge is 2.30. The summed E-state index contributed by atoms with van der Waals surface area (Å²) in [5, 5.41) is 3.14. The lowest BCUT2D eigenvalue weighted by molar-refractivity contribution is 0.208. The van der Waals surface area contributed by atoms with E-state index in [4.69, 9.17) is 4.42 Å². The molecule has 0 bridgehead atoms. The first kappa shape index (κ1) is 12.7. The van der Waals surface area contributed by atoms with Crippen LogP contribution in [0.4, 0.5) is 0 Å². The van der Waals surface area contributed by atoms with E-state index in [0.717, 1.165) is 30.5 Å². The van der Waals surface area contributed by atoms with Crippen molar-refractivity contribution >= 4 is 0 Å². The van der Waals surface area contributed by atoms with E-state index in [1.54, 1.807) is 0 Å². The van der Waals surface area contributed by atoms with E-state index in [0.29, 0.717) is 6.04 Å². The summed E-state index contributed by atoms with van der Waals surface area (Å²) in [6, 6.07) is 2.84. The van der Waals surface area contributed by atoms with Crippen molar-refractivity contribution in [2.24, 2.45) is 5.92 Å². The molecule has 0 spiro atoms. The monoisotopic (exact) mass is 236 g/mol. The Morgan fingerprint density at radius 1 is 1.53 bits per heavy atom. The first-order valence-corrected chi connectivity index (χ1v) is 6.55. The highest BCUT2D eigenvalue weighted by Crippen LogP contribution is 2.35. The fourth-order valence-corrected chi connectivity index (χ4v) is 2.33. The van der Waals surface area contributed by atoms with Crippen LogP contribution < -0.4 is 5.32 Å². The predicted molar refractivity (Wildman–Crippen MR) is 69.9 cm³/mol.